The third-order valence-electron chi connectivity index (χ3n) is 3.28. The minimum atomic E-state index is 0.0104. The largest absolute Gasteiger partial charge is 0.102 e. The Morgan fingerprint density at radius 1 is 0.667 bits per heavy atom. The number of hydrogen-bond donors (Lipinski definition) is 0. The van der Waals surface area contributed by atoms with E-state index >= 15 is 0 Å². The molecule has 0 atom stereocenters. The highest BCUT2D eigenvalue weighted by atomic mass is 14.5. The quantitative estimate of drug-likeness (QED) is 0.552. The second kappa shape index (κ2) is 2.78. The van der Waals surface area contributed by atoms with Gasteiger partial charge in [-0.25, -0.2) is 0 Å². The van der Waals surface area contributed by atoms with Crippen LogP contribution in [0.15, 0.2) is 50.6 Å². The lowest BCUT2D eigenvalue weighted by atomic mass is 9.49. The fourth-order valence-electron chi connectivity index (χ4n) is 2.04. The lowest BCUT2D eigenvalue weighted by Crippen LogP contribution is -2.45. The van der Waals surface area contributed by atoms with Crippen molar-refractivity contribution in [3.05, 3.63) is 50.6 Å². The highest BCUT2D eigenvalue weighted by molar-refractivity contribution is 5.31. The van der Waals surface area contributed by atoms with Crippen molar-refractivity contribution in [2.45, 2.75) is 12.8 Å². The van der Waals surface area contributed by atoms with Gasteiger partial charge in [0, 0.05) is 10.8 Å². The van der Waals surface area contributed by atoms with Crippen LogP contribution in [0.25, 0.3) is 0 Å². The summed E-state index contributed by atoms with van der Waals surface area (Å²) in [7, 11) is 0. The van der Waals surface area contributed by atoms with Gasteiger partial charge in [-0.1, -0.05) is 24.3 Å². The second-order valence-corrected chi connectivity index (χ2v) is 3.40. The summed E-state index contributed by atoms with van der Waals surface area (Å²) < 4.78 is 0. The van der Waals surface area contributed by atoms with Gasteiger partial charge in [0.25, 0.3) is 0 Å². The van der Waals surface area contributed by atoms with E-state index in [0.717, 1.165) is 12.8 Å². The molecule has 0 aromatic rings. The average molecular weight is 160 g/mol. The van der Waals surface area contributed by atoms with Crippen molar-refractivity contribution in [2.24, 2.45) is 10.8 Å². The van der Waals surface area contributed by atoms with Crippen molar-refractivity contribution in [3.63, 3.8) is 0 Å². The Balaban J connectivity index is 3.07. The minimum absolute atomic E-state index is 0.0104. The highest BCUT2D eigenvalue weighted by Crippen LogP contribution is 2.59. The first-order valence-electron chi connectivity index (χ1n) is 4.24. The first-order chi connectivity index (χ1) is 5.70. The van der Waals surface area contributed by atoms with E-state index < -0.39 is 0 Å². The van der Waals surface area contributed by atoms with Crippen LogP contribution in [0, 0.1) is 10.8 Å². The summed E-state index contributed by atoms with van der Waals surface area (Å²) in [6, 6.07) is 0. The van der Waals surface area contributed by atoms with E-state index in [1.165, 1.54) is 0 Å². The maximum atomic E-state index is 3.85. The van der Waals surface area contributed by atoms with Crippen molar-refractivity contribution < 1.29 is 0 Å². The fourth-order valence-corrected chi connectivity index (χ4v) is 2.04. The maximum Gasteiger partial charge on any atom is 0.0182 e. The molecule has 1 saturated carbocycles. The van der Waals surface area contributed by atoms with Gasteiger partial charge in [-0.2, -0.15) is 0 Å². The minimum Gasteiger partial charge on any atom is -0.102 e. The van der Waals surface area contributed by atoms with Gasteiger partial charge in [-0.05, 0) is 12.8 Å². The summed E-state index contributed by atoms with van der Waals surface area (Å²) >= 11 is 0. The molecule has 0 heteroatoms. The number of rotatable bonds is 4. The van der Waals surface area contributed by atoms with Crippen LogP contribution >= 0.6 is 0 Å². The normalized spacial score (nSPS) is 23.3. The smallest absolute Gasteiger partial charge is 0.0182 e. The van der Waals surface area contributed by atoms with E-state index in [1.54, 1.807) is 0 Å². The van der Waals surface area contributed by atoms with Crippen LogP contribution in [0.5, 0.6) is 0 Å². The van der Waals surface area contributed by atoms with E-state index in [9.17, 15) is 0 Å². The highest BCUT2D eigenvalue weighted by Gasteiger charge is 2.51. The number of allylic oxidation sites excluding steroid dienone is 4. The van der Waals surface area contributed by atoms with Gasteiger partial charge in [0.1, 0.15) is 0 Å². The van der Waals surface area contributed by atoms with Crippen LogP contribution < -0.4 is 0 Å². The van der Waals surface area contributed by atoms with Crippen LogP contribution in [-0.2, 0) is 0 Å². The summed E-state index contributed by atoms with van der Waals surface area (Å²) in [5, 5.41) is 0. The zero-order chi connectivity index (χ0) is 9.24. The Morgan fingerprint density at radius 3 is 1.00 bits per heavy atom. The van der Waals surface area contributed by atoms with Crippen LogP contribution in [0.2, 0.25) is 0 Å². The van der Waals surface area contributed by atoms with Gasteiger partial charge < -0.3 is 0 Å². The van der Waals surface area contributed by atoms with Crippen molar-refractivity contribution in [1.29, 1.82) is 0 Å². The lowest BCUT2D eigenvalue weighted by Gasteiger charge is -2.54. The molecule has 0 N–H and O–H groups in total. The van der Waals surface area contributed by atoms with Gasteiger partial charge in [0.2, 0.25) is 0 Å². The summed E-state index contributed by atoms with van der Waals surface area (Å²) in [6.45, 7) is 15.4. The Morgan fingerprint density at radius 2 is 0.917 bits per heavy atom. The zero-order valence-electron chi connectivity index (χ0n) is 7.55. The molecular weight excluding hydrogens is 144 g/mol. The molecular formula is C12H16. The van der Waals surface area contributed by atoms with Gasteiger partial charge in [-0.15, -0.1) is 26.3 Å². The molecule has 0 aromatic heterocycles. The number of hydrogen-bond acceptors (Lipinski definition) is 0. The molecule has 1 aliphatic rings. The molecule has 0 aliphatic heterocycles. The van der Waals surface area contributed by atoms with Crippen molar-refractivity contribution >= 4 is 0 Å². The lowest BCUT2D eigenvalue weighted by molar-refractivity contribution is 0.106. The van der Waals surface area contributed by atoms with E-state index in [-0.39, 0.29) is 10.8 Å². The van der Waals surface area contributed by atoms with Gasteiger partial charge >= 0.3 is 0 Å². The molecule has 0 radical (unpaired) electrons. The standard InChI is InChI=1S/C12H16/c1-5-11(6-2)9-10-12(11,7-3)8-4/h5-8H,1-4,9-10H2. The van der Waals surface area contributed by atoms with E-state index in [4.69, 9.17) is 0 Å². The van der Waals surface area contributed by atoms with E-state index in [0.29, 0.717) is 0 Å². The third kappa shape index (κ3) is 0.781. The van der Waals surface area contributed by atoms with Crippen LogP contribution in [0.1, 0.15) is 12.8 Å². The molecule has 0 bridgehead atoms. The molecule has 0 heterocycles. The van der Waals surface area contributed by atoms with E-state index in [2.05, 4.69) is 26.3 Å². The van der Waals surface area contributed by atoms with Gasteiger partial charge in [0.05, 0.1) is 0 Å². The van der Waals surface area contributed by atoms with Crippen molar-refractivity contribution in [1.82, 2.24) is 0 Å². The molecule has 0 unspecified atom stereocenters. The predicted molar refractivity (Wildman–Crippen MR) is 54.9 cm³/mol. The fraction of sp³-hybridized carbons (Fsp3) is 0.333. The third-order valence-corrected chi connectivity index (χ3v) is 3.28. The molecule has 64 valence electrons. The summed E-state index contributed by atoms with van der Waals surface area (Å²) in [6.07, 6.45) is 10.1. The second-order valence-electron chi connectivity index (χ2n) is 3.40. The van der Waals surface area contributed by atoms with Gasteiger partial charge in [-0.3, -0.25) is 0 Å². The van der Waals surface area contributed by atoms with Crippen molar-refractivity contribution in [3.8, 4) is 0 Å². The van der Waals surface area contributed by atoms with Crippen LogP contribution in [0.4, 0.5) is 0 Å². The molecule has 0 nitrogen and oxygen atoms in total. The summed E-state index contributed by atoms with van der Waals surface area (Å²) in [5.74, 6) is 0. The molecule has 1 aliphatic carbocycles. The summed E-state index contributed by atoms with van der Waals surface area (Å²) in [4.78, 5) is 0. The Kier molecular flexibility index (Phi) is 2.10. The molecule has 0 saturated heterocycles. The van der Waals surface area contributed by atoms with Gasteiger partial charge in [0.15, 0.2) is 0 Å². The molecule has 1 rings (SSSR count). The Labute approximate surface area is 75.0 Å². The zero-order valence-corrected chi connectivity index (χ0v) is 7.55. The Bertz CT molecular complexity index is 190. The maximum absolute atomic E-state index is 3.85. The molecule has 0 amide bonds. The molecule has 0 spiro atoms. The van der Waals surface area contributed by atoms with Crippen molar-refractivity contribution in [2.75, 3.05) is 0 Å². The van der Waals surface area contributed by atoms with Crippen LogP contribution in [0.3, 0.4) is 0 Å². The molecule has 12 heavy (non-hydrogen) atoms. The molecule has 0 aromatic carbocycles. The SMILES string of the molecule is C=CC1(C=C)CCC1(C=C)C=C. The van der Waals surface area contributed by atoms with E-state index in [1.807, 2.05) is 24.3 Å². The summed E-state index contributed by atoms with van der Waals surface area (Å²) in [5.41, 5.74) is 0.0208. The Hall–Kier alpha value is -1.04. The first kappa shape index (κ1) is 9.05. The predicted octanol–water partition coefficient (Wildman–Crippen LogP) is 3.50. The average Bonchev–Trinajstić information content (AvgIpc) is 2.08. The molecule has 1 fully saturated rings. The van der Waals surface area contributed by atoms with Crippen LogP contribution in [-0.4, -0.2) is 0 Å². The first-order valence-corrected chi connectivity index (χ1v) is 4.24. The topological polar surface area (TPSA) is 0 Å². The monoisotopic (exact) mass is 160 g/mol.